The van der Waals surface area contributed by atoms with Gasteiger partial charge in [0.1, 0.15) is 0 Å². The van der Waals surface area contributed by atoms with E-state index in [4.69, 9.17) is 0 Å². The van der Waals surface area contributed by atoms with Crippen molar-refractivity contribution in [1.82, 2.24) is 4.31 Å². The van der Waals surface area contributed by atoms with Gasteiger partial charge in [-0.05, 0) is 41.4 Å². The first kappa shape index (κ1) is 21.6. The van der Waals surface area contributed by atoms with Gasteiger partial charge in [-0.25, -0.2) is 8.42 Å². The zero-order valence-corrected chi connectivity index (χ0v) is 20.0. The molecule has 0 radical (unpaired) electrons. The van der Waals surface area contributed by atoms with Gasteiger partial charge in [-0.3, -0.25) is 0 Å². The topological polar surface area (TPSA) is 37.1 Å². The van der Waals surface area contributed by atoms with Crippen molar-refractivity contribution in [2.45, 2.75) is 102 Å². The van der Waals surface area contributed by atoms with Crippen LogP contribution in [0.5, 0.6) is 0 Å². The molecule has 0 amide bonds. The molecule has 148 valence electrons. The first-order valence-corrected chi connectivity index (χ1v) is 14.9. The molecule has 1 aliphatic heterocycles. The Morgan fingerprint density at radius 3 is 1.58 bits per heavy atom. The lowest BCUT2D eigenvalue weighted by Crippen LogP contribution is -2.34. The Kier molecular flexibility index (Phi) is 5.88. The van der Waals surface area contributed by atoms with Crippen molar-refractivity contribution in [2.75, 3.05) is 0 Å². The van der Waals surface area contributed by atoms with E-state index in [1.807, 2.05) is 0 Å². The monoisotopic (exact) mass is 395 g/mol. The second kappa shape index (κ2) is 7.06. The summed E-state index contributed by atoms with van der Waals surface area (Å²) in [7, 11) is -5.04. The van der Waals surface area contributed by atoms with Crippen LogP contribution in [0.15, 0.2) is 17.0 Å². The molecule has 0 spiro atoms. The van der Waals surface area contributed by atoms with Crippen LogP contribution in [-0.2, 0) is 10.0 Å². The van der Waals surface area contributed by atoms with Gasteiger partial charge < -0.3 is 0 Å². The Balaban J connectivity index is 2.72. The lowest BCUT2D eigenvalue weighted by Gasteiger charge is -2.24. The van der Waals surface area contributed by atoms with Crippen LogP contribution < -0.4 is 0 Å². The average molecular weight is 396 g/mol. The van der Waals surface area contributed by atoms with Gasteiger partial charge in [0.15, 0.2) is 0 Å². The molecule has 5 heteroatoms. The van der Waals surface area contributed by atoms with Crippen molar-refractivity contribution < 1.29 is 8.42 Å². The van der Waals surface area contributed by atoms with Crippen molar-refractivity contribution in [3.05, 3.63) is 28.8 Å². The molecule has 1 unspecified atom stereocenters. The van der Waals surface area contributed by atoms with E-state index in [9.17, 15) is 8.42 Å². The molecule has 3 atom stereocenters. The van der Waals surface area contributed by atoms with Gasteiger partial charge in [-0.15, -0.1) is 0 Å². The fraction of sp³-hybridized carbons (Fsp3) is 0.714. The van der Waals surface area contributed by atoms with Crippen molar-refractivity contribution in [3.8, 4) is 0 Å². The molecule has 1 heterocycles. The number of nitrogens with zero attached hydrogens (tertiary/aromatic N) is 1. The van der Waals surface area contributed by atoms with Crippen LogP contribution in [0.25, 0.3) is 0 Å². The minimum atomic E-state index is -3.47. The molecular formula is C21H37NO2SSi. The lowest BCUT2D eigenvalue weighted by molar-refractivity contribution is 0.547. The first-order valence-electron chi connectivity index (χ1n) is 9.92. The SMILES string of the molecule is CC(C)c1cc(C(C)C)c(S(=O)(=O)N2[C@H](C)[C@H]2[Si](C)(C)C)c(C(C)C)c1. The summed E-state index contributed by atoms with van der Waals surface area (Å²) in [6.07, 6.45) is 0. The molecule has 1 saturated heterocycles. The van der Waals surface area contributed by atoms with Crippen LogP contribution >= 0.6 is 0 Å². The molecule has 0 aliphatic carbocycles. The Hall–Kier alpha value is -0.653. The summed E-state index contributed by atoms with van der Waals surface area (Å²) in [6, 6.07) is 4.38. The fourth-order valence-corrected chi connectivity index (χ4v) is 10.5. The van der Waals surface area contributed by atoms with Crippen LogP contribution in [0.1, 0.15) is 82.9 Å². The van der Waals surface area contributed by atoms with E-state index < -0.39 is 18.1 Å². The van der Waals surface area contributed by atoms with Crippen molar-refractivity contribution in [2.24, 2.45) is 0 Å². The standard InChI is InChI=1S/C21H37NO2SSi/c1-13(2)17-11-18(14(3)4)20(19(12-17)15(5)6)25(23,24)22-16(7)21(22)26(8,9)10/h11-16,21H,1-10H3/t16-,21-,22?/m1/s1. The van der Waals surface area contributed by atoms with Gasteiger partial charge in [0.2, 0.25) is 10.0 Å². The smallest absolute Gasteiger partial charge is 0.207 e. The molecule has 0 N–H and O–H groups in total. The Labute approximate surface area is 162 Å². The van der Waals surface area contributed by atoms with E-state index in [2.05, 4.69) is 80.2 Å². The maximum atomic E-state index is 13.7. The van der Waals surface area contributed by atoms with Gasteiger partial charge in [0, 0.05) is 11.7 Å². The average Bonchev–Trinajstić information content (AvgIpc) is 3.18. The number of rotatable bonds is 6. The Morgan fingerprint density at radius 2 is 1.31 bits per heavy atom. The molecule has 0 saturated carbocycles. The third-order valence-corrected chi connectivity index (χ3v) is 10.4. The van der Waals surface area contributed by atoms with Crippen molar-refractivity contribution >= 4 is 18.1 Å². The molecule has 26 heavy (non-hydrogen) atoms. The molecule has 0 aromatic heterocycles. The Bertz CT molecular complexity index is 747. The zero-order valence-electron chi connectivity index (χ0n) is 18.2. The van der Waals surface area contributed by atoms with Crippen LogP contribution in [0.3, 0.4) is 0 Å². The minimum absolute atomic E-state index is 0.122. The summed E-state index contributed by atoms with van der Waals surface area (Å²) >= 11 is 0. The van der Waals surface area contributed by atoms with Crippen LogP contribution in [0.4, 0.5) is 0 Å². The number of hydrogen-bond donors (Lipinski definition) is 0. The summed E-state index contributed by atoms with van der Waals surface area (Å²) in [5.41, 5.74) is 3.40. The highest BCUT2D eigenvalue weighted by molar-refractivity contribution is 7.89. The maximum Gasteiger partial charge on any atom is 0.243 e. The quantitative estimate of drug-likeness (QED) is 0.458. The molecule has 3 nitrogen and oxygen atoms in total. The second-order valence-electron chi connectivity index (χ2n) is 9.88. The van der Waals surface area contributed by atoms with E-state index in [-0.39, 0.29) is 23.5 Å². The molecule has 1 aromatic carbocycles. The van der Waals surface area contributed by atoms with Gasteiger partial charge in [0.05, 0.1) is 13.0 Å². The van der Waals surface area contributed by atoms with Crippen LogP contribution in [0, 0.1) is 0 Å². The summed E-state index contributed by atoms with van der Waals surface area (Å²) in [6.45, 7) is 21.6. The lowest BCUT2D eigenvalue weighted by atomic mass is 9.89. The molecular weight excluding hydrogens is 358 g/mol. The number of hydrogen-bond acceptors (Lipinski definition) is 2. The van der Waals surface area contributed by atoms with E-state index >= 15 is 0 Å². The third kappa shape index (κ3) is 3.81. The zero-order chi connectivity index (χ0) is 20.2. The summed E-state index contributed by atoms with van der Waals surface area (Å²) in [5.74, 6) is 0.741. The number of benzene rings is 1. The highest BCUT2D eigenvalue weighted by Gasteiger charge is 2.58. The maximum absolute atomic E-state index is 13.7. The summed E-state index contributed by atoms with van der Waals surface area (Å²) < 4.78 is 29.3. The summed E-state index contributed by atoms with van der Waals surface area (Å²) in [4.78, 5) is 0.583. The highest BCUT2D eigenvalue weighted by atomic mass is 32.2. The van der Waals surface area contributed by atoms with Gasteiger partial charge in [-0.1, -0.05) is 73.3 Å². The number of sulfonamides is 1. The van der Waals surface area contributed by atoms with E-state index in [1.165, 1.54) is 5.56 Å². The van der Waals surface area contributed by atoms with E-state index in [0.717, 1.165) is 11.1 Å². The molecule has 1 aromatic rings. The highest BCUT2D eigenvalue weighted by Crippen LogP contribution is 2.45. The fourth-order valence-electron chi connectivity index (χ4n) is 4.09. The molecule has 1 fully saturated rings. The molecule has 1 aliphatic rings. The van der Waals surface area contributed by atoms with Gasteiger partial charge in [-0.2, -0.15) is 4.31 Å². The van der Waals surface area contributed by atoms with E-state index in [0.29, 0.717) is 10.8 Å². The summed E-state index contributed by atoms with van der Waals surface area (Å²) in [5, 5.41) is 0. The van der Waals surface area contributed by atoms with Crippen molar-refractivity contribution in [3.63, 3.8) is 0 Å². The van der Waals surface area contributed by atoms with Gasteiger partial charge >= 0.3 is 0 Å². The van der Waals surface area contributed by atoms with Gasteiger partial charge in [0.25, 0.3) is 0 Å². The minimum Gasteiger partial charge on any atom is -0.207 e. The molecule has 2 rings (SSSR count). The second-order valence-corrected chi connectivity index (χ2v) is 17.0. The molecule has 0 bridgehead atoms. The largest absolute Gasteiger partial charge is 0.243 e. The first-order chi connectivity index (χ1) is 11.7. The predicted octanol–water partition coefficient (Wildman–Crippen LogP) is 5.70. The van der Waals surface area contributed by atoms with E-state index in [1.54, 1.807) is 4.31 Å². The normalized spacial score (nSPS) is 24.0. The predicted molar refractivity (Wildman–Crippen MR) is 114 cm³/mol. The third-order valence-electron chi connectivity index (χ3n) is 5.54. The van der Waals surface area contributed by atoms with Crippen LogP contribution in [-0.4, -0.2) is 32.5 Å². The Morgan fingerprint density at radius 1 is 0.885 bits per heavy atom. The van der Waals surface area contributed by atoms with Crippen molar-refractivity contribution in [1.29, 1.82) is 0 Å². The van der Waals surface area contributed by atoms with Crippen LogP contribution in [0.2, 0.25) is 19.6 Å².